The molecule has 2 rings (SSSR count). The van der Waals surface area contributed by atoms with Gasteiger partial charge >= 0.3 is 5.91 Å². The summed E-state index contributed by atoms with van der Waals surface area (Å²) in [5.41, 5.74) is 2.63. The summed E-state index contributed by atoms with van der Waals surface area (Å²) < 4.78 is 0. The number of hydrogen-bond donors (Lipinski definition) is 2. The van der Waals surface area contributed by atoms with Gasteiger partial charge in [0.25, 0.3) is 6.54 Å². The lowest BCUT2D eigenvalue weighted by molar-refractivity contribution is -0.114. The average Bonchev–Trinajstić information content (AvgIpc) is 2.42. The van der Waals surface area contributed by atoms with E-state index in [1.54, 1.807) is 12.1 Å². The van der Waals surface area contributed by atoms with E-state index in [2.05, 4.69) is 15.5 Å². The van der Waals surface area contributed by atoms with Crippen LogP contribution >= 0.6 is 0 Å². The second kappa shape index (κ2) is 6.22. The first-order valence-corrected chi connectivity index (χ1v) is 5.83. The molecule has 0 heterocycles. The van der Waals surface area contributed by atoms with E-state index in [9.17, 15) is 4.79 Å². The predicted octanol–water partition coefficient (Wildman–Crippen LogP) is 3.29. The fourth-order valence-electron chi connectivity index (χ4n) is 1.60. The summed E-state index contributed by atoms with van der Waals surface area (Å²) in [7, 11) is 0. The number of anilines is 3. The molecule has 0 aliphatic heterocycles. The maximum absolute atomic E-state index is 11.2. The highest BCUT2D eigenvalue weighted by Gasteiger charge is 2.03. The SMILES string of the molecule is [C-]#[N+]CC(=O)Nc1ccc(Nc2ccccc2)cc1. The fraction of sp³-hybridized carbons (Fsp3) is 0.0667. The van der Waals surface area contributed by atoms with Crippen LogP contribution in [0, 0.1) is 6.57 Å². The Bertz CT molecular complexity index is 585. The summed E-state index contributed by atoms with van der Waals surface area (Å²) in [6.45, 7) is 6.46. The molecule has 0 bridgehead atoms. The first-order valence-electron chi connectivity index (χ1n) is 5.83. The summed E-state index contributed by atoms with van der Waals surface area (Å²) in [5.74, 6) is -0.293. The van der Waals surface area contributed by atoms with Gasteiger partial charge in [0.1, 0.15) is 0 Å². The van der Waals surface area contributed by atoms with Crippen LogP contribution in [0.5, 0.6) is 0 Å². The first kappa shape index (κ1) is 12.7. The number of amides is 1. The van der Waals surface area contributed by atoms with Gasteiger partial charge in [-0.3, -0.25) is 4.79 Å². The zero-order valence-electron chi connectivity index (χ0n) is 10.3. The lowest BCUT2D eigenvalue weighted by Gasteiger charge is -2.07. The molecule has 0 aliphatic carbocycles. The van der Waals surface area contributed by atoms with Crippen LogP contribution in [0.3, 0.4) is 0 Å². The highest BCUT2D eigenvalue weighted by molar-refractivity contribution is 5.93. The topological polar surface area (TPSA) is 45.5 Å². The zero-order chi connectivity index (χ0) is 13.5. The molecular weight excluding hydrogens is 238 g/mol. The van der Waals surface area contributed by atoms with Gasteiger partial charge in [-0.25, -0.2) is 6.57 Å². The Hall–Kier alpha value is -2.80. The third-order valence-corrected chi connectivity index (χ3v) is 2.45. The Balaban J connectivity index is 1.99. The van der Waals surface area contributed by atoms with Crippen molar-refractivity contribution in [1.29, 1.82) is 0 Å². The van der Waals surface area contributed by atoms with E-state index >= 15 is 0 Å². The van der Waals surface area contributed by atoms with Crippen molar-refractivity contribution < 1.29 is 4.79 Å². The van der Waals surface area contributed by atoms with Gasteiger partial charge in [0, 0.05) is 17.1 Å². The van der Waals surface area contributed by atoms with Crippen LogP contribution in [-0.2, 0) is 4.79 Å². The number of nitrogens with one attached hydrogen (secondary N) is 2. The molecule has 4 nitrogen and oxygen atoms in total. The minimum Gasteiger partial charge on any atom is -0.356 e. The molecule has 2 aromatic rings. The van der Waals surface area contributed by atoms with Gasteiger partial charge in [-0.15, -0.1) is 0 Å². The van der Waals surface area contributed by atoms with E-state index in [0.717, 1.165) is 11.4 Å². The van der Waals surface area contributed by atoms with Gasteiger partial charge in [-0.1, -0.05) is 18.2 Å². The molecule has 2 aromatic carbocycles. The average molecular weight is 251 g/mol. The van der Waals surface area contributed by atoms with Crippen molar-refractivity contribution in [3.05, 3.63) is 66.0 Å². The van der Waals surface area contributed by atoms with Crippen molar-refractivity contribution in [2.24, 2.45) is 0 Å². The van der Waals surface area contributed by atoms with Crippen LogP contribution in [0.2, 0.25) is 0 Å². The largest absolute Gasteiger partial charge is 0.356 e. The number of hydrogen-bond acceptors (Lipinski definition) is 2. The highest BCUT2D eigenvalue weighted by atomic mass is 16.1. The minimum atomic E-state index is -0.293. The monoisotopic (exact) mass is 251 g/mol. The van der Waals surface area contributed by atoms with Crippen molar-refractivity contribution >= 4 is 23.0 Å². The minimum absolute atomic E-state index is 0.149. The Morgan fingerprint density at radius 3 is 2.16 bits per heavy atom. The van der Waals surface area contributed by atoms with Crippen LogP contribution in [0.4, 0.5) is 17.1 Å². The van der Waals surface area contributed by atoms with Gasteiger partial charge in [0.15, 0.2) is 0 Å². The van der Waals surface area contributed by atoms with Crippen LogP contribution in [0.15, 0.2) is 54.6 Å². The number of carbonyl (C=O) groups excluding carboxylic acids is 1. The Kier molecular flexibility index (Phi) is 4.14. The van der Waals surface area contributed by atoms with Crippen LogP contribution < -0.4 is 10.6 Å². The summed E-state index contributed by atoms with van der Waals surface area (Å²) in [4.78, 5) is 14.3. The molecule has 2 N–H and O–H groups in total. The molecule has 0 unspecified atom stereocenters. The number of nitrogens with zero attached hydrogens (tertiary/aromatic N) is 1. The molecule has 0 spiro atoms. The van der Waals surface area contributed by atoms with Crippen LogP contribution in [-0.4, -0.2) is 12.5 Å². The molecule has 19 heavy (non-hydrogen) atoms. The van der Waals surface area contributed by atoms with E-state index in [-0.39, 0.29) is 12.5 Å². The van der Waals surface area contributed by atoms with E-state index in [0.29, 0.717) is 5.69 Å². The van der Waals surface area contributed by atoms with Crippen LogP contribution in [0.25, 0.3) is 4.85 Å². The summed E-state index contributed by atoms with van der Waals surface area (Å²) >= 11 is 0. The smallest absolute Gasteiger partial charge is 0.304 e. The van der Waals surface area contributed by atoms with E-state index in [4.69, 9.17) is 6.57 Å². The van der Waals surface area contributed by atoms with E-state index < -0.39 is 0 Å². The second-order valence-corrected chi connectivity index (χ2v) is 3.93. The number of benzene rings is 2. The highest BCUT2D eigenvalue weighted by Crippen LogP contribution is 2.18. The lowest BCUT2D eigenvalue weighted by Crippen LogP contribution is -2.13. The second-order valence-electron chi connectivity index (χ2n) is 3.93. The van der Waals surface area contributed by atoms with Gasteiger partial charge < -0.3 is 15.5 Å². The van der Waals surface area contributed by atoms with Gasteiger partial charge in [0.05, 0.1) is 0 Å². The maximum atomic E-state index is 11.2. The molecule has 0 aromatic heterocycles. The Labute approximate surface area is 111 Å². The zero-order valence-corrected chi connectivity index (χ0v) is 10.3. The molecule has 0 saturated heterocycles. The molecule has 0 radical (unpaired) electrons. The molecule has 0 aliphatic rings. The van der Waals surface area contributed by atoms with Crippen LogP contribution in [0.1, 0.15) is 0 Å². The Morgan fingerprint density at radius 1 is 0.947 bits per heavy atom. The number of carbonyl (C=O) groups is 1. The molecule has 0 saturated carbocycles. The summed E-state index contributed by atoms with van der Waals surface area (Å²) in [6, 6.07) is 17.2. The summed E-state index contributed by atoms with van der Waals surface area (Å²) in [6.07, 6.45) is 0. The third kappa shape index (κ3) is 3.86. The lowest BCUT2D eigenvalue weighted by atomic mass is 10.2. The van der Waals surface area contributed by atoms with Crippen molar-refractivity contribution in [2.45, 2.75) is 0 Å². The van der Waals surface area contributed by atoms with Crippen molar-refractivity contribution in [3.63, 3.8) is 0 Å². The van der Waals surface area contributed by atoms with Gasteiger partial charge in [-0.05, 0) is 36.4 Å². The normalized spacial score (nSPS) is 9.42. The van der Waals surface area contributed by atoms with E-state index in [1.807, 2.05) is 42.5 Å². The molecule has 1 amide bonds. The molecule has 0 fully saturated rings. The quantitative estimate of drug-likeness (QED) is 0.819. The molecule has 4 heteroatoms. The van der Waals surface area contributed by atoms with Gasteiger partial charge in [0.2, 0.25) is 0 Å². The predicted molar refractivity (Wildman–Crippen MR) is 76.3 cm³/mol. The van der Waals surface area contributed by atoms with Gasteiger partial charge in [-0.2, -0.15) is 0 Å². The summed E-state index contributed by atoms with van der Waals surface area (Å²) in [5, 5.41) is 5.90. The van der Waals surface area contributed by atoms with Crippen molar-refractivity contribution in [3.8, 4) is 0 Å². The standard InChI is InChI=1S/C15H13N3O/c1-16-11-15(19)18-14-9-7-13(8-10-14)17-12-5-3-2-4-6-12/h2-10,17H,11H2,(H,18,19). The number of rotatable bonds is 4. The third-order valence-electron chi connectivity index (χ3n) is 2.45. The van der Waals surface area contributed by atoms with Crippen molar-refractivity contribution in [1.82, 2.24) is 0 Å². The maximum Gasteiger partial charge on any atom is 0.304 e. The van der Waals surface area contributed by atoms with E-state index in [1.165, 1.54) is 0 Å². The molecule has 0 atom stereocenters. The first-order chi connectivity index (χ1) is 9.28. The van der Waals surface area contributed by atoms with Crippen molar-refractivity contribution in [2.75, 3.05) is 17.2 Å². The molecular formula is C15H13N3O. The molecule has 94 valence electrons. The fourth-order valence-corrected chi connectivity index (χ4v) is 1.60. The number of para-hydroxylation sites is 1. The Morgan fingerprint density at radius 2 is 1.53 bits per heavy atom.